The van der Waals surface area contributed by atoms with E-state index in [1.165, 1.54) is 43.4 Å². The van der Waals surface area contributed by atoms with Crippen LogP contribution in [0.25, 0.3) is 0 Å². The van der Waals surface area contributed by atoms with Crippen LogP contribution in [0.4, 0.5) is 5.69 Å². The molecule has 2 aliphatic heterocycles. The predicted octanol–water partition coefficient (Wildman–Crippen LogP) is 2.50. The van der Waals surface area contributed by atoms with Crippen LogP contribution in [0.15, 0.2) is 66.7 Å². The summed E-state index contributed by atoms with van der Waals surface area (Å²) in [6, 6.07) is 17.3. The molecule has 0 atom stereocenters. The summed E-state index contributed by atoms with van der Waals surface area (Å²) in [5.41, 5.74) is 1.74. The number of nitrogens with one attached hydrogen (secondary N) is 1. The molecule has 0 fully saturated rings. The zero-order valence-electron chi connectivity index (χ0n) is 19.5. The second-order valence-corrected chi connectivity index (χ2v) is 8.50. The third kappa shape index (κ3) is 4.25. The fraction of sp³-hybridized carbons (Fsp3) is 0.111. The van der Waals surface area contributed by atoms with Gasteiger partial charge in [0.25, 0.3) is 29.5 Å². The number of fused-ring (bicyclic) bond motifs is 2. The number of hydrogen-bond donors (Lipinski definition) is 1. The number of benzene rings is 3. The minimum Gasteiger partial charge on any atom is -0.452 e. The summed E-state index contributed by atoms with van der Waals surface area (Å²) in [5.74, 6) is -3.40. The van der Waals surface area contributed by atoms with Crippen molar-refractivity contribution in [3.63, 3.8) is 0 Å². The van der Waals surface area contributed by atoms with Gasteiger partial charge in [-0.2, -0.15) is 0 Å². The van der Waals surface area contributed by atoms with E-state index >= 15 is 0 Å². The Morgan fingerprint density at radius 3 is 2.14 bits per heavy atom. The van der Waals surface area contributed by atoms with E-state index in [0.717, 1.165) is 15.4 Å². The summed E-state index contributed by atoms with van der Waals surface area (Å²) in [7, 11) is 1.37. The minimum atomic E-state index is -0.851. The Bertz CT molecular complexity index is 1510. The van der Waals surface area contributed by atoms with Gasteiger partial charge in [-0.15, -0.1) is 0 Å². The van der Waals surface area contributed by atoms with Crippen molar-refractivity contribution in [1.29, 1.82) is 0 Å². The van der Waals surface area contributed by atoms with Crippen molar-refractivity contribution < 1.29 is 33.5 Å². The van der Waals surface area contributed by atoms with E-state index in [2.05, 4.69) is 5.32 Å². The first kappa shape index (κ1) is 23.6. The van der Waals surface area contributed by atoms with Crippen LogP contribution in [0.1, 0.15) is 57.4 Å². The number of hydrogen-bond acceptors (Lipinski definition) is 7. The van der Waals surface area contributed by atoms with Crippen LogP contribution in [0.2, 0.25) is 0 Å². The van der Waals surface area contributed by atoms with Gasteiger partial charge in [0.2, 0.25) is 0 Å². The van der Waals surface area contributed by atoms with Crippen LogP contribution in [0.3, 0.4) is 0 Å². The Labute approximate surface area is 210 Å². The molecule has 184 valence electrons. The molecule has 0 saturated carbocycles. The molecule has 0 saturated heterocycles. The van der Waals surface area contributed by atoms with Gasteiger partial charge in [-0.25, -0.2) is 4.79 Å². The minimum absolute atomic E-state index is 0.0129. The topological polar surface area (TPSA) is 130 Å². The maximum absolute atomic E-state index is 12.8. The van der Waals surface area contributed by atoms with E-state index < -0.39 is 42.1 Å². The number of amides is 5. The molecule has 5 amide bonds. The fourth-order valence-electron chi connectivity index (χ4n) is 4.18. The Balaban J connectivity index is 1.22. The summed E-state index contributed by atoms with van der Waals surface area (Å²) in [6.07, 6.45) is 0. The van der Waals surface area contributed by atoms with Crippen molar-refractivity contribution >= 4 is 41.2 Å². The van der Waals surface area contributed by atoms with Gasteiger partial charge in [0.15, 0.2) is 6.61 Å². The first-order valence-corrected chi connectivity index (χ1v) is 11.2. The zero-order chi connectivity index (χ0) is 26.3. The number of carbonyl (C=O) groups is 6. The van der Waals surface area contributed by atoms with E-state index in [4.69, 9.17) is 4.74 Å². The lowest BCUT2D eigenvalue weighted by molar-refractivity contribution is -0.119. The highest BCUT2D eigenvalue weighted by molar-refractivity contribution is 6.22. The Kier molecular flexibility index (Phi) is 5.84. The average Bonchev–Trinajstić information content (AvgIpc) is 3.27. The number of imide groups is 2. The number of anilines is 1. The molecule has 10 heteroatoms. The van der Waals surface area contributed by atoms with Gasteiger partial charge in [-0.05, 0) is 42.0 Å². The summed E-state index contributed by atoms with van der Waals surface area (Å²) < 4.78 is 5.06. The number of rotatable bonds is 6. The maximum Gasteiger partial charge on any atom is 0.338 e. The molecule has 0 bridgehead atoms. The molecule has 3 aromatic carbocycles. The van der Waals surface area contributed by atoms with Gasteiger partial charge in [-0.3, -0.25) is 33.8 Å². The van der Waals surface area contributed by atoms with Crippen LogP contribution < -0.4 is 5.32 Å². The second-order valence-electron chi connectivity index (χ2n) is 8.50. The third-order valence-electron chi connectivity index (χ3n) is 6.10. The SMILES string of the molecule is CN1C(=O)c2ccc(NC(=O)COC(=O)c3ccc4c(c3)C(=O)N(Cc3ccccc3)C4=O)cc2C1=O. The highest BCUT2D eigenvalue weighted by Gasteiger charge is 2.36. The highest BCUT2D eigenvalue weighted by atomic mass is 16.5. The molecule has 3 aromatic rings. The molecule has 37 heavy (non-hydrogen) atoms. The summed E-state index contributed by atoms with van der Waals surface area (Å²) in [4.78, 5) is 76.6. The Morgan fingerprint density at radius 1 is 0.757 bits per heavy atom. The molecule has 2 aliphatic rings. The zero-order valence-corrected chi connectivity index (χ0v) is 19.5. The lowest BCUT2D eigenvalue weighted by atomic mass is 10.1. The molecule has 0 radical (unpaired) electrons. The van der Waals surface area contributed by atoms with Crippen molar-refractivity contribution in [2.75, 3.05) is 19.0 Å². The predicted molar refractivity (Wildman–Crippen MR) is 129 cm³/mol. The van der Waals surface area contributed by atoms with Crippen molar-refractivity contribution in [3.05, 3.63) is 100 Å². The number of nitrogens with zero attached hydrogens (tertiary/aromatic N) is 2. The Morgan fingerprint density at radius 2 is 1.38 bits per heavy atom. The number of carbonyl (C=O) groups excluding carboxylic acids is 6. The quantitative estimate of drug-likeness (QED) is 0.409. The van der Waals surface area contributed by atoms with Gasteiger partial charge in [0.1, 0.15) is 0 Å². The van der Waals surface area contributed by atoms with Gasteiger partial charge >= 0.3 is 5.97 Å². The van der Waals surface area contributed by atoms with Crippen LogP contribution in [0, 0.1) is 0 Å². The molecule has 0 unspecified atom stereocenters. The third-order valence-corrected chi connectivity index (χ3v) is 6.10. The molecular formula is C27H19N3O7. The molecule has 0 aliphatic carbocycles. The Hall–Kier alpha value is -5.12. The fourth-order valence-corrected chi connectivity index (χ4v) is 4.18. The first-order chi connectivity index (χ1) is 17.7. The smallest absolute Gasteiger partial charge is 0.338 e. The van der Waals surface area contributed by atoms with Crippen LogP contribution in [-0.4, -0.2) is 59.0 Å². The second kappa shape index (κ2) is 9.15. The van der Waals surface area contributed by atoms with Gasteiger partial charge in [-0.1, -0.05) is 30.3 Å². The lowest BCUT2D eigenvalue weighted by Gasteiger charge is -2.13. The van der Waals surface area contributed by atoms with Gasteiger partial charge in [0, 0.05) is 12.7 Å². The molecule has 0 aromatic heterocycles. The molecular weight excluding hydrogens is 478 g/mol. The van der Waals surface area contributed by atoms with Crippen LogP contribution in [-0.2, 0) is 16.1 Å². The van der Waals surface area contributed by atoms with E-state index in [1.54, 1.807) is 24.3 Å². The van der Waals surface area contributed by atoms with E-state index in [-0.39, 0.29) is 40.0 Å². The van der Waals surface area contributed by atoms with Crippen molar-refractivity contribution in [1.82, 2.24) is 9.80 Å². The van der Waals surface area contributed by atoms with Crippen molar-refractivity contribution in [2.45, 2.75) is 6.54 Å². The normalized spacial score (nSPS) is 14.1. The van der Waals surface area contributed by atoms with Crippen molar-refractivity contribution in [2.24, 2.45) is 0 Å². The van der Waals surface area contributed by atoms with Crippen LogP contribution >= 0.6 is 0 Å². The van der Waals surface area contributed by atoms with Gasteiger partial charge in [0.05, 0.1) is 34.4 Å². The van der Waals surface area contributed by atoms with E-state index in [0.29, 0.717) is 0 Å². The summed E-state index contributed by atoms with van der Waals surface area (Å²) in [6.45, 7) is -0.529. The molecule has 0 spiro atoms. The van der Waals surface area contributed by atoms with Gasteiger partial charge < -0.3 is 10.1 Å². The largest absolute Gasteiger partial charge is 0.452 e. The summed E-state index contributed by atoms with van der Waals surface area (Å²) in [5, 5.41) is 2.51. The standard InChI is InChI=1S/C27H19N3O7/c1-29-23(32)18-10-8-17(12-21(18)24(29)33)28-22(31)14-37-27(36)16-7-9-19-20(11-16)26(35)30(25(19)34)13-15-5-3-2-4-6-15/h2-12H,13-14H2,1H3,(H,28,31). The van der Waals surface area contributed by atoms with E-state index in [9.17, 15) is 28.8 Å². The molecule has 2 heterocycles. The lowest BCUT2D eigenvalue weighted by Crippen LogP contribution is -2.29. The van der Waals surface area contributed by atoms with Crippen molar-refractivity contribution in [3.8, 4) is 0 Å². The molecule has 5 rings (SSSR count). The molecule has 1 N–H and O–H groups in total. The summed E-state index contributed by atoms with van der Waals surface area (Å²) >= 11 is 0. The van der Waals surface area contributed by atoms with Crippen LogP contribution in [0.5, 0.6) is 0 Å². The first-order valence-electron chi connectivity index (χ1n) is 11.2. The number of esters is 1. The monoisotopic (exact) mass is 497 g/mol. The van der Waals surface area contributed by atoms with E-state index in [1.807, 2.05) is 6.07 Å². The average molecular weight is 497 g/mol. The number of ether oxygens (including phenoxy) is 1. The maximum atomic E-state index is 12.8. The highest BCUT2D eigenvalue weighted by Crippen LogP contribution is 2.27. The molecule has 10 nitrogen and oxygen atoms in total.